The molecular weight excluding hydrogens is 872 g/mol. The molecule has 0 fully saturated rings. The smallest absolute Gasteiger partial charge is 0.268 e. The van der Waals surface area contributed by atoms with Crippen molar-refractivity contribution in [2.45, 2.75) is 39.3 Å². The summed E-state index contributed by atoms with van der Waals surface area (Å²) in [4.78, 5) is 4.96. The van der Waals surface area contributed by atoms with Crippen LogP contribution in [0.5, 0.6) is 11.5 Å². The van der Waals surface area contributed by atoms with Gasteiger partial charge < -0.3 is 13.9 Å². The van der Waals surface area contributed by atoms with Gasteiger partial charge in [-0.1, -0.05) is 129 Å². The van der Waals surface area contributed by atoms with E-state index in [0.29, 0.717) is 11.5 Å². The second-order valence-corrected chi connectivity index (χ2v) is 20.1. The molecule has 6 aromatic carbocycles. The molecule has 7 heteroatoms. The maximum absolute atomic E-state index is 6.71. The van der Waals surface area contributed by atoms with E-state index in [4.69, 9.17) is 9.72 Å². The van der Waals surface area contributed by atoms with E-state index < -0.39 is 8.07 Å². The first-order valence-corrected chi connectivity index (χ1v) is 21.5. The molecule has 0 spiro atoms. The standard InChI is InChI=1S/C48H38N4OSi.Pt/c1-48(2,3)33-26-27-49-45(28-33)52-41-29-35(22-24-38(41)39-19-12-18-37(46(39)52)32-14-8-6-9-15-32)53-36-23-25-43-42(30-36)51-31-50(34-16-10-7-11-17-34)40-20-13-21-44(47(40)51)54(43,4)5;/h6-28H,1-5H3;/q-2;. The first-order valence-electron chi connectivity index (χ1n) is 18.5. The molecule has 0 N–H and O–H groups in total. The van der Waals surface area contributed by atoms with Gasteiger partial charge in [0, 0.05) is 57.9 Å². The fraction of sp³-hybridized carbons (Fsp3) is 0.125. The molecule has 0 saturated carbocycles. The molecule has 1 aliphatic heterocycles. The Morgan fingerprint density at radius 2 is 1.42 bits per heavy atom. The fourth-order valence-corrected chi connectivity index (χ4v) is 11.1. The zero-order valence-corrected chi connectivity index (χ0v) is 34.6. The van der Waals surface area contributed by atoms with Crippen LogP contribution in [-0.2, 0) is 26.5 Å². The van der Waals surface area contributed by atoms with Crippen LogP contribution in [0.1, 0.15) is 26.3 Å². The maximum Gasteiger partial charge on any atom is 0.268 e. The average Bonchev–Trinajstić information content (AvgIpc) is 3.74. The Balaban J connectivity index is 0.00000397. The van der Waals surface area contributed by atoms with Gasteiger partial charge in [0.15, 0.2) is 0 Å². The van der Waals surface area contributed by atoms with E-state index in [9.17, 15) is 0 Å². The number of fused-ring (bicyclic) bond motifs is 5. The summed E-state index contributed by atoms with van der Waals surface area (Å²) >= 11 is 0. The Morgan fingerprint density at radius 1 is 0.691 bits per heavy atom. The molecule has 0 unspecified atom stereocenters. The van der Waals surface area contributed by atoms with Crippen LogP contribution in [-0.4, -0.2) is 22.2 Å². The minimum Gasteiger partial charge on any atom is -0.510 e. The van der Waals surface area contributed by atoms with Gasteiger partial charge in [-0.25, -0.2) is 4.98 Å². The molecule has 55 heavy (non-hydrogen) atoms. The Morgan fingerprint density at radius 3 is 2.20 bits per heavy atom. The molecule has 4 heterocycles. The largest absolute Gasteiger partial charge is 0.510 e. The van der Waals surface area contributed by atoms with Crippen molar-refractivity contribution < 1.29 is 30.4 Å². The van der Waals surface area contributed by atoms with Gasteiger partial charge >= 0.3 is 0 Å². The Labute approximate surface area is 336 Å². The second kappa shape index (κ2) is 13.0. The van der Waals surface area contributed by atoms with E-state index in [0.717, 1.165) is 55.6 Å². The third-order valence-electron chi connectivity index (χ3n) is 11.0. The van der Waals surface area contributed by atoms with E-state index in [1.165, 1.54) is 21.5 Å². The predicted molar refractivity (Wildman–Crippen MR) is 221 cm³/mol. The number of aromatic nitrogens is 4. The van der Waals surface area contributed by atoms with E-state index in [1.807, 2.05) is 18.3 Å². The van der Waals surface area contributed by atoms with Gasteiger partial charge in [-0.2, -0.15) is 12.1 Å². The van der Waals surface area contributed by atoms with Gasteiger partial charge in [0.2, 0.25) is 0 Å². The number of benzene rings is 6. The second-order valence-electron chi connectivity index (χ2n) is 15.7. The number of rotatable bonds is 5. The van der Waals surface area contributed by atoms with Gasteiger partial charge in [0.1, 0.15) is 5.82 Å². The van der Waals surface area contributed by atoms with E-state index in [1.54, 1.807) is 0 Å². The molecule has 272 valence electrons. The van der Waals surface area contributed by atoms with Crippen molar-refractivity contribution in [1.82, 2.24) is 14.1 Å². The number of para-hydroxylation sites is 3. The maximum atomic E-state index is 6.71. The number of hydrogen-bond acceptors (Lipinski definition) is 2. The van der Waals surface area contributed by atoms with Crippen molar-refractivity contribution >= 4 is 51.3 Å². The summed E-state index contributed by atoms with van der Waals surface area (Å²) in [6.45, 7) is 11.6. The van der Waals surface area contributed by atoms with Gasteiger partial charge in [-0.3, -0.25) is 4.57 Å². The van der Waals surface area contributed by atoms with Crippen LogP contribution in [0.2, 0.25) is 13.1 Å². The van der Waals surface area contributed by atoms with Crippen LogP contribution in [0.3, 0.4) is 0 Å². The zero-order chi connectivity index (χ0) is 36.8. The molecule has 0 saturated heterocycles. The van der Waals surface area contributed by atoms with Crippen LogP contribution >= 0.6 is 0 Å². The number of ether oxygens (including phenoxy) is 1. The summed E-state index contributed by atoms with van der Waals surface area (Å²) in [5.41, 5.74) is 9.86. The molecular formula is C48H38N4OPtSi-2. The summed E-state index contributed by atoms with van der Waals surface area (Å²) in [6, 6.07) is 54.4. The van der Waals surface area contributed by atoms with Crippen LogP contribution in [0.15, 0.2) is 140 Å². The van der Waals surface area contributed by atoms with E-state index in [-0.39, 0.29) is 26.5 Å². The zero-order valence-electron chi connectivity index (χ0n) is 31.3. The summed E-state index contributed by atoms with van der Waals surface area (Å²) in [5, 5.41) is 4.93. The quantitative estimate of drug-likeness (QED) is 0.0981. The number of hydrogen-bond donors (Lipinski definition) is 0. The van der Waals surface area contributed by atoms with Crippen molar-refractivity contribution in [2.75, 3.05) is 0 Å². The third kappa shape index (κ3) is 5.61. The molecule has 3 aromatic heterocycles. The minimum absolute atomic E-state index is 0. The molecule has 9 aromatic rings. The molecule has 1 aliphatic rings. The first kappa shape index (κ1) is 35.2. The molecule has 0 atom stereocenters. The molecule has 0 amide bonds. The van der Waals surface area contributed by atoms with Gasteiger partial charge in [-0.05, 0) is 51.9 Å². The van der Waals surface area contributed by atoms with E-state index in [2.05, 4.69) is 187 Å². The third-order valence-corrected chi connectivity index (χ3v) is 14.5. The summed E-state index contributed by atoms with van der Waals surface area (Å²) in [5.74, 6) is 2.10. The van der Waals surface area contributed by atoms with Crippen LogP contribution in [0, 0.1) is 18.5 Å². The Hall–Kier alpha value is -5.55. The fourth-order valence-electron chi connectivity index (χ4n) is 8.18. The Bertz CT molecular complexity index is 2920. The summed E-state index contributed by atoms with van der Waals surface area (Å²) in [7, 11) is -2.08. The monoisotopic (exact) mass is 909 g/mol. The summed E-state index contributed by atoms with van der Waals surface area (Å²) in [6.07, 6.45) is 5.60. The SMILES string of the molecule is CC(C)(C)c1ccnc(-n2c3[c-]c(Oc4[c-]c5c(cc4)[Si](C)(C)c4cccc6c4n-5[c-][n+]6-c4ccccc4)ccc3c3cccc(-c4ccccc4)c32)c1.[Pt]. The minimum atomic E-state index is -2.08. The normalized spacial score (nSPS) is 13.2. The van der Waals surface area contributed by atoms with Crippen molar-refractivity contribution in [3.05, 3.63) is 164 Å². The van der Waals surface area contributed by atoms with Gasteiger partial charge in [0.05, 0.1) is 16.7 Å². The molecule has 0 bridgehead atoms. The Kier molecular flexibility index (Phi) is 8.34. The van der Waals surface area contributed by atoms with Crippen molar-refractivity contribution in [3.63, 3.8) is 0 Å². The van der Waals surface area contributed by atoms with Gasteiger partial charge in [0.25, 0.3) is 6.33 Å². The molecule has 0 aliphatic carbocycles. The van der Waals surface area contributed by atoms with Crippen LogP contribution in [0.25, 0.3) is 61.2 Å². The van der Waals surface area contributed by atoms with Crippen LogP contribution in [0.4, 0.5) is 0 Å². The number of pyridine rings is 1. The summed E-state index contributed by atoms with van der Waals surface area (Å²) < 4.78 is 13.3. The van der Waals surface area contributed by atoms with Crippen LogP contribution < -0.4 is 19.7 Å². The number of nitrogens with zero attached hydrogens (tertiary/aromatic N) is 4. The van der Waals surface area contributed by atoms with Gasteiger partial charge in [-0.15, -0.1) is 34.8 Å². The molecule has 5 nitrogen and oxygen atoms in total. The molecule has 10 rings (SSSR count). The van der Waals surface area contributed by atoms with Crippen molar-refractivity contribution in [2.24, 2.45) is 0 Å². The van der Waals surface area contributed by atoms with E-state index >= 15 is 0 Å². The van der Waals surface area contributed by atoms with Crippen molar-refractivity contribution in [3.8, 4) is 39.8 Å². The van der Waals surface area contributed by atoms with Crippen molar-refractivity contribution in [1.29, 1.82) is 0 Å². The first-order chi connectivity index (χ1) is 26.2. The number of imidazole rings is 1. The average molecular weight is 910 g/mol. The predicted octanol–water partition coefficient (Wildman–Crippen LogP) is 9.69. The topological polar surface area (TPSA) is 35.9 Å². The molecule has 0 radical (unpaired) electrons.